The Morgan fingerprint density at radius 2 is 2.10 bits per heavy atom. The Labute approximate surface area is 125 Å². The topological polar surface area (TPSA) is 59.9 Å². The third kappa shape index (κ3) is 4.48. The number of ether oxygens (including phenoxy) is 2. The number of amides is 1. The summed E-state index contributed by atoms with van der Waals surface area (Å²) in [7, 11) is 0. The van der Waals surface area contributed by atoms with Crippen molar-refractivity contribution in [2.24, 2.45) is 11.0 Å². The van der Waals surface area contributed by atoms with Gasteiger partial charge in [0, 0.05) is 5.71 Å². The predicted molar refractivity (Wildman–Crippen MR) is 81.7 cm³/mol. The van der Waals surface area contributed by atoms with Crippen LogP contribution in [0.15, 0.2) is 29.4 Å². The van der Waals surface area contributed by atoms with Gasteiger partial charge in [-0.15, -0.1) is 0 Å². The number of rotatable bonds is 5. The van der Waals surface area contributed by atoms with Crippen LogP contribution in [0.25, 0.3) is 0 Å². The first-order valence-corrected chi connectivity index (χ1v) is 7.27. The van der Waals surface area contributed by atoms with E-state index in [1.54, 1.807) is 6.07 Å². The van der Waals surface area contributed by atoms with Gasteiger partial charge < -0.3 is 9.47 Å². The average Bonchev–Trinajstić information content (AvgIpc) is 2.50. The fraction of sp³-hybridized carbons (Fsp3) is 0.500. The van der Waals surface area contributed by atoms with Crippen molar-refractivity contribution < 1.29 is 14.3 Å². The number of para-hydroxylation sites is 2. The van der Waals surface area contributed by atoms with Crippen molar-refractivity contribution in [1.82, 2.24) is 5.43 Å². The van der Waals surface area contributed by atoms with Gasteiger partial charge in [0.1, 0.15) is 6.61 Å². The van der Waals surface area contributed by atoms with Crippen LogP contribution in [-0.2, 0) is 4.79 Å². The minimum Gasteiger partial charge on any atom is -0.485 e. The number of benzene rings is 1. The molecular weight excluding hydrogens is 268 g/mol. The van der Waals surface area contributed by atoms with E-state index in [9.17, 15) is 4.79 Å². The maximum atomic E-state index is 12.0. The van der Waals surface area contributed by atoms with E-state index in [2.05, 4.69) is 24.4 Å². The molecule has 0 saturated heterocycles. The van der Waals surface area contributed by atoms with E-state index < -0.39 is 6.10 Å². The largest absolute Gasteiger partial charge is 0.485 e. The summed E-state index contributed by atoms with van der Waals surface area (Å²) in [5.41, 5.74) is 3.46. The molecule has 1 heterocycles. The van der Waals surface area contributed by atoms with Crippen LogP contribution in [0, 0.1) is 5.92 Å². The van der Waals surface area contributed by atoms with E-state index in [1.807, 2.05) is 25.1 Å². The summed E-state index contributed by atoms with van der Waals surface area (Å²) in [5, 5.41) is 4.11. The molecule has 1 aromatic carbocycles. The third-order valence-corrected chi connectivity index (χ3v) is 3.24. The van der Waals surface area contributed by atoms with Crippen molar-refractivity contribution >= 4 is 11.6 Å². The standard InChI is InChI=1S/C16H22N2O3/c1-11(2)8-9-12(3)17-18-16(19)15-10-20-13-6-4-5-7-14(13)21-15/h4-7,11,15H,8-10H2,1-3H3,(H,18,19)/b17-12-/t15-/m0/s1. The minimum absolute atomic E-state index is 0.198. The van der Waals surface area contributed by atoms with Gasteiger partial charge in [-0.1, -0.05) is 26.0 Å². The van der Waals surface area contributed by atoms with Crippen LogP contribution in [0.2, 0.25) is 0 Å². The van der Waals surface area contributed by atoms with Crippen LogP contribution >= 0.6 is 0 Å². The summed E-state index contributed by atoms with van der Waals surface area (Å²) >= 11 is 0. The van der Waals surface area contributed by atoms with Crippen molar-refractivity contribution in [2.45, 2.75) is 39.7 Å². The quantitative estimate of drug-likeness (QED) is 0.670. The lowest BCUT2D eigenvalue weighted by molar-refractivity contribution is -0.130. The number of nitrogens with one attached hydrogen (secondary N) is 1. The van der Waals surface area contributed by atoms with E-state index in [0.717, 1.165) is 18.6 Å². The van der Waals surface area contributed by atoms with Crippen molar-refractivity contribution in [3.63, 3.8) is 0 Å². The lowest BCUT2D eigenvalue weighted by Gasteiger charge is -2.24. The van der Waals surface area contributed by atoms with Crippen LogP contribution in [0.5, 0.6) is 11.5 Å². The van der Waals surface area contributed by atoms with Gasteiger partial charge in [-0.25, -0.2) is 5.43 Å². The van der Waals surface area contributed by atoms with E-state index in [-0.39, 0.29) is 12.5 Å². The van der Waals surface area contributed by atoms with E-state index in [1.165, 1.54) is 0 Å². The Bertz CT molecular complexity index is 526. The summed E-state index contributed by atoms with van der Waals surface area (Å²) in [5.74, 6) is 1.59. The number of fused-ring (bicyclic) bond motifs is 1. The highest BCUT2D eigenvalue weighted by molar-refractivity contribution is 5.86. The summed E-state index contributed by atoms with van der Waals surface area (Å²) in [6.07, 6.45) is 1.27. The number of carbonyl (C=O) groups excluding carboxylic acids is 1. The fourth-order valence-corrected chi connectivity index (χ4v) is 1.92. The lowest BCUT2D eigenvalue weighted by atomic mass is 10.1. The van der Waals surface area contributed by atoms with Crippen LogP contribution < -0.4 is 14.9 Å². The summed E-state index contributed by atoms with van der Waals surface area (Å²) in [6.45, 7) is 6.44. The van der Waals surface area contributed by atoms with Crippen LogP contribution in [0.1, 0.15) is 33.6 Å². The molecule has 2 rings (SSSR count). The molecule has 1 N–H and O–H groups in total. The molecule has 1 amide bonds. The predicted octanol–water partition coefficient (Wildman–Crippen LogP) is 2.75. The van der Waals surface area contributed by atoms with E-state index >= 15 is 0 Å². The van der Waals surface area contributed by atoms with Gasteiger partial charge in [0.2, 0.25) is 6.10 Å². The zero-order valence-electron chi connectivity index (χ0n) is 12.8. The summed E-state index contributed by atoms with van der Waals surface area (Å²) in [6, 6.07) is 7.31. The highest BCUT2D eigenvalue weighted by Crippen LogP contribution is 2.30. The van der Waals surface area contributed by atoms with E-state index in [4.69, 9.17) is 9.47 Å². The van der Waals surface area contributed by atoms with Gasteiger partial charge in [-0.3, -0.25) is 4.79 Å². The Balaban J connectivity index is 1.86. The van der Waals surface area contributed by atoms with Gasteiger partial charge in [0.05, 0.1) is 0 Å². The first kappa shape index (κ1) is 15.4. The van der Waals surface area contributed by atoms with Gasteiger partial charge in [0.15, 0.2) is 11.5 Å². The Hall–Kier alpha value is -2.04. The molecule has 21 heavy (non-hydrogen) atoms. The maximum Gasteiger partial charge on any atom is 0.284 e. The van der Waals surface area contributed by atoms with Crippen LogP contribution in [-0.4, -0.2) is 24.3 Å². The molecule has 0 bridgehead atoms. The second-order valence-corrected chi connectivity index (χ2v) is 5.62. The molecule has 0 radical (unpaired) electrons. The number of hydrogen-bond donors (Lipinski definition) is 1. The highest BCUT2D eigenvalue weighted by Gasteiger charge is 2.27. The summed E-state index contributed by atoms with van der Waals surface area (Å²) in [4.78, 5) is 12.0. The third-order valence-electron chi connectivity index (χ3n) is 3.24. The number of carbonyl (C=O) groups is 1. The molecule has 5 heteroatoms. The molecule has 1 aromatic rings. The lowest BCUT2D eigenvalue weighted by Crippen LogP contribution is -2.42. The molecule has 0 spiro atoms. The molecule has 1 aliphatic heterocycles. The molecule has 1 aliphatic rings. The van der Waals surface area contributed by atoms with Gasteiger partial charge in [0.25, 0.3) is 5.91 Å². The minimum atomic E-state index is -0.665. The van der Waals surface area contributed by atoms with Crippen molar-refractivity contribution in [2.75, 3.05) is 6.61 Å². The monoisotopic (exact) mass is 290 g/mol. The second-order valence-electron chi connectivity index (χ2n) is 5.62. The first-order valence-electron chi connectivity index (χ1n) is 7.27. The smallest absolute Gasteiger partial charge is 0.284 e. The molecule has 0 fully saturated rings. The summed E-state index contributed by atoms with van der Waals surface area (Å²) < 4.78 is 11.1. The normalized spacial score (nSPS) is 17.7. The van der Waals surface area contributed by atoms with Crippen molar-refractivity contribution in [3.8, 4) is 11.5 Å². The number of hydrazone groups is 1. The SMILES string of the molecule is C/C(CCC(C)C)=N/NC(=O)[C@@H]1COc2ccccc2O1. The molecule has 114 valence electrons. The van der Waals surface area contributed by atoms with Crippen LogP contribution in [0.4, 0.5) is 0 Å². The fourth-order valence-electron chi connectivity index (χ4n) is 1.92. The molecule has 0 aliphatic carbocycles. The van der Waals surface area contributed by atoms with Gasteiger partial charge in [-0.2, -0.15) is 5.10 Å². The van der Waals surface area contributed by atoms with E-state index in [0.29, 0.717) is 17.4 Å². The molecule has 1 atom stereocenters. The van der Waals surface area contributed by atoms with Gasteiger partial charge >= 0.3 is 0 Å². The zero-order chi connectivity index (χ0) is 15.2. The maximum absolute atomic E-state index is 12.0. The highest BCUT2D eigenvalue weighted by atomic mass is 16.6. The Morgan fingerprint density at radius 1 is 1.38 bits per heavy atom. The van der Waals surface area contributed by atoms with Crippen molar-refractivity contribution in [1.29, 1.82) is 0 Å². The Kier molecular flexibility index (Phi) is 5.20. The number of nitrogens with zero attached hydrogens (tertiary/aromatic N) is 1. The molecule has 5 nitrogen and oxygen atoms in total. The van der Waals surface area contributed by atoms with Crippen molar-refractivity contribution in [3.05, 3.63) is 24.3 Å². The van der Waals surface area contributed by atoms with Crippen LogP contribution in [0.3, 0.4) is 0 Å². The number of hydrogen-bond acceptors (Lipinski definition) is 4. The Morgan fingerprint density at radius 3 is 2.81 bits per heavy atom. The zero-order valence-corrected chi connectivity index (χ0v) is 12.8. The molecule has 0 aromatic heterocycles. The molecular formula is C16H22N2O3. The van der Waals surface area contributed by atoms with Gasteiger partial charge in [-0.05, 0) is 37.8 Å². The molecule has 0 saturated carbocycles. The second kappa shape index (κ2) is 7.11. The average molecular weight is 290 g/mol. The first-order chi connectivity index (χ1) is 10.1. The molecule has 0 unspecified atom stereocenters.